The van der Waals surface area contributed by atoms with Gasteiger partial charge in [0.2, 0.25) is 0 Å². The highest BCUT2D eigenvalue weighted by Crippen LogP contribution is 2.37. The summed E-state index contributed by atoms with van der Waals surface area (Å²) < 4.78 is 1.04. The first kappa shape index (κ1) is 14.2. The summed E-state index contributed by atoms with van der Waals surface area (Å²) in [6, 6.07) is 10.4. The Hall–Kier alpha value is -1.18. The molecule has 0 fully saturated rings. The Morgan fingerprint density at radius 1 is 1.32 bits per heavy atom. The molecule has 0 saturated heterocycles. The first-order valence-electron chi connectivity index (χ1n) is 6.16. The summed E-state index contributed by atoms with van der Waals surface area (Å²) in [6.07, 6.45) is 0. The Kier molecular flexibility index (Phi) is 4.38. The van der Waals surface area contributed by atoms with Crippen molar-refractivity contribution in [2.45, 2.75) is 26.7 Å². The van der Waals surface area contributed by atoms with Crippen LogP contribution in [0.4, 0.5) is 0 Å². The van der Waals surface area contributed by atoms with Crippen LogP contribution in [0, 0.1) is 24.2 Å². The highest BCUT2D eigenvalue weighted by molar-refractivity contribution is 9.10. The molecule has 1 aromatic carbocycles. The van der Waals surface area contributed by atoms with Crippen LogP contribution in [-0.2, 0) is 0 Å². The number of aromatic nitrogens is 1. The van der Waals surface area contributed by atoms with Crippen molar-refractivity contribution in [2.75, 3.05) is 0 Å². The van der Waals surface area contributed by atoms with Crippen LogP contribution in [0.2, 0.25) is 0 Å². The van der Waals surface area contributed by atoms with Crippen molar-refractivity contribution in [3.05, 3.63) is 39.3 Å². The van der Waals surface area contributed by atoms with Gasteiger partial charge in [0.1, 0.15) is 5.01 Å². The zero-order valence-corrected chi connectivity index (χ0v) is 13.5. The van der Waals surface area contributed by atoms with Crippen molar-refractivity contribution < 1.29 is 0 Å². The average Bonchev–Trinajstić information content (AvgIpc) is 2.72. The van der Waals surface area contributed by atoms with E-state index < -0.39 is 0 Å². The van der Waals surface area contributed by atoms with E-state index >= 15 is 0 Å². The molecule has 1 aromatic heterocycles. The smallest absolute Gasteiger partial charge is 0.125 e. The number of aryl methyl sites for hydroxylation is 1. The van der Waals surface area contributed by atoms with Crippen LogP contribution < -0.4 is 0 Å². The molecule has 98 valence electrons. The third-order valence-electron chi connectivity index (χ3n) is 3.02. The summed E-state index contributed by atoms with van der Waals surface area (Å²) in [4.78, 5) is 5.72. The molecule has 1 unspecified atom stereocenters. The predicted molar refractivity (Wildman–Crippen MR) is 83.2 cm³/mol. The Morgan fingerprint density at radius 3 is 2.58 bits per heavy atom. The van der Waals surface area contributed by atoms with Crippen molar-refractivity contribution in [3.63, 3.8) is 0 Å². The Morgan fingerprint density at radius 2 is 2.00 bits per heavy atom. The van der Waals surface area contributed by atoms with Crippen LogP contribution in [0.1, 0.15) is 30.3 Å². The fourth-order valence-corrected chi connectivity index (χ4v) is 3.88. The van der Waals surface area contributed by atoms with E-state index in [1.54, 1.807) is 11.3 Å². The van der Waals surface area contributed by atoms with Crippen LogP contribution in [0.5, 0.6) is 0 Å². The molecule has 0 bridgehead atoms. The van der Waals surface area contributed by atoms with Crippen molar-refractivity contribution >= 4 is 27.3 Å². The molecule has 0 radical (unpaired) electrons. The van der Waals surface area contributed by atoms with E-state index in [0.717, 1.165) is 25.6 Å². The second-order valence-corrected chi connectivity index (χ2v) is 6.68. The van der Waals surface area contributed by atoms with Gasteiger partial charge in [-0.2, -0.15) is 5.26 Å². The zero-order chi connectivity index (χ0) is 14.0. The Labute approximate surface area is 126 Å². The molecule has 0 spiro atoms. The van der Waals surface area contributed by atoms with Crippen LogP contribution in [0.3, 0.4) is 0 Å². The van der Waals surface area contributed by atoms with Gasteiger partial charge in [0.05, 0.1) is 17.7 Å². The molecule has 0 N–H and O–H groups in total. The number of hydrogen-bond donors (Lipinski definition) is 0. The Balaban J connectivity index is 2.48. The molecule has 0 aliphatic rings. The van der Waals surface area contributed by atoms with Gasteiger partial charge < -0.3 is 0 Å². The summed E-state index contributed by atoms with van der Waals surface area (Å²) in [6.45, 7) is 6.13. The maximum Gasteiger partial charge on any atom is 0.125 e. The summed E-state index contributed by atoms with van der Waals surface area (Å²) in [5, 5.41) is 10.3. The molecular formula is C15H15BrN2S. The van der Waals surface area contributed by atoms with Gasteiger partial charge in [-0.3, -0.25) is 0 Å². The number of nitrogens with zero attached hydrogens (tertiary/aromatic N) is 2. The fraction of sp³-hybridized carbons (Fsp3) is 0.333. The molecule has 0 amide bonds. The lowest BCUT2D eigenvalue weighted by molar-refractivity contribution is 0.591. The van der Waals surface area contributed by atoms with E-state index in [4.69, 9.17) is 0 Å². The predicted octanol–water partition coefficient (Wildman–Crippen LogP) is 5.14. The second kappa shape index (κ2) is 5.85. The third kappa shape index (κ3) is 2.88. The molecule has 2 rings (SSSR count). The molecule has 4 heteroatoms. The lowest BCUT2D eigenvalue weighted by Crippen LogP contribution is -2.03. The molecule has 1 atom stereocenters. The number of hydrogen-bond acceptors (Lipinski definition) is 3. The highest BCUT2D eigenvalue weighted by Gasteiger charge is 2.22. The van der Waals surface area contributed by atoms with Crippen molar-refractivity contribution in [3.8, 4) is 16.6 Å². The number of thiazole rings is 1. The second-order valence-electron chi connectivity index (χ2n) is 4.80. The summed E-state index contributed by atoms with van der Waals surface area (Å²) in [5.41, 5.74) is 2.05. The van der Waals surface area contributed by atoms with Crippen LogP contribution in [0.25, 0.3) is 10.6 Å². The minimum atomic E-state index is -0.0752. The van der Waals surface area contributed by atoms with Crippen LogP contribution in [-0.4, -0.2) is 4.98 Å². The average molecular weight is 335 g/mol. The normalized spacial score (nSPS) is 12.4. The summed E-state index contributed by atoms with van der Waals surface area (Å²) in [5.74, 6) is 0.227. The molecule has 19 heavy (non-hydrogen) atoms. The van der Waals surface area contributed by atoms with E-state index in [-0.39, 0.29) is 5.92 Å². The summed E-state index contributed by atoms with van der Waals surface area (Å²) >= 11 is 5.18. The van der Waals surface area contributed by atoms with E-state index in [9.17, 15) is 5.26 Å². The monoisotopic (exact) mass is 334 g/mol. The van der Waals surface area contributed by atoms with Gasteiger partial charge in [0, 0.05) is 14.9 Å². The van der Waals surface area contributed by atoms with Gasteiger partial charge in [0.15, 0.2) is 0 Å². The van der Waals surface area contributed by atoms with Gasteiger partial charge in [0.25, 0.3) is 0 Å². The maximum absolute atomic E-state index is 9.33. The molecule has 2 nitrogen and oxygen atoms in total. The quantitative estimate of drug-likeness (QED) is 0.778. The number of nitriles is 1. The van der Waals surface area contributed by atoms with Crippen molar-refractivity contribution in [2.24, 2.45) is 5.92 Å². The third-order valence-corrected chi connectivity index (χ3v) is 4.99. The van der Waals surface area contributed by atoms with Gasteiger partial charge in [-0.1, -0.05) is 48.0 Å². The zero-order valence-electron chi connectivity index (χ0n) is 11.1. The minimum absolute atomic E-state index is 0.0752. The first-order valence-corrected chi connectivity index (χ1v) is 7.77. The van der Waals surface area contributed by atoms with Crippen molar-refractivity contribution in [1.29, 1.82) is 5.26 Å². The SMILES string of the molecule is Cc1nc(-c2ccccc2Br)sc1C(C#N)C(C)C. The molecule has 0 saturated carbocycles. The van der Waals surface area contributed by atoms with Gasteiger partial charge >= 0.3 is 0 Å². The van der Waals surface area contributed by atoms with E-state index in [2.05, 4.69) is 40.8 Å². The van der Waals surface area contributed by atoms with E-state index in [0.29, 0.717) is 5.92 Å². The molecule has 1 heterocycles. The lowest BCUT2D eigenvalue weighted by Gasteiger charge is -2.10. The van der Waals surface area contributed by atoms with Gasteiger partial charge in [-0.05, 0) is 18.9 Å². The highest BCUT2D eigenvalue weighted by atomic mass is 79.9. The number of benzene rings is 1. The molecule has 0 aliphatic heterocycles. The van der Waals surface area contributed by atoms with Gasteiger partial charge in [-0.15, -0.1) is 11.3 Å². The van der Waals surface area contributed by atoms with E-state index in [1.165, 1.54) is 0 Å². The van der Waals surface area contributed by atoms with Crippen LogP contribution in [0.15, 0.2) is 28.7 Å². The number of rotatable bonds is 3. The molecular weight excluding hydrogens is 320 g/mol. The standard InChI is InChI=1S/C15H15BrN2S/c1-9(2)12(8-17)14-10(3)18-15(19-14)11-6-4-5-7-13(11)16/h4-7,9,12H,1-3H3. The lowest BCUT2D eigenvalue weighted by atomic mass is 9.95. The molecule has 2 aromatic rings. The first-order chi connectivity index (χ1) is 9.04. The van der Waals surface area contributed by atoms with E-state index in [1.807, 2.05) is 31.2 Å². The topological polar surface area (TPSA) is 36.7 Å². The largest absolute Gasteiger partial charge is 0.241 e. The maximum atomic E-state index is 9.33. The molecule has 0 aliphatic carbocycles. The van der Waals surface area contributed by atoms with Crippen LogP contribution >= 0.6 is 27.3 Å². The fourth-order valence-electron chi connectivity index (χ4n) is 1.96. The van der Waals surface area contributed by atoms with Gasteiger partial charge in [-0.25, -0.2) is 4.98 Å². The van der Waals surface area contributed by atoms with Crippen molar-refractivity contribution in [1.82, 2.24) is 4.98 Å². The summed E-state index contributed by atoms with van der Waals surface area (Å²) in [7, 11) is 0. The number of halogens is 1. The minimum Gasteiger partial charge on any atom is -0.241 e. The Bertz CT molecular complexity index is 625.